The molecule has 1 atom stereocenters. The van der Waals surface area contributed by atoms with Crippen molar-refractivity contribution in [1.29, 1.82) is 0 Å². The van der Waals surface area contributed by atoms with Gasteiger partial charge < -0.3 is 9.73 Å². The third kappa shape index (κ3) is 4.06. The molecule has 0 spiro atoms. The molecule has 0 saturated heterocycles. The topological polar surface area (TPSA) is 25.2 Å². The molecule has 108 valence electrons. The summed E-state index contributed by atoms with van der Waals surface area (Å²) in [7, 11) is 0. The maximum atomic E-state index is 13.1. The van der Waals surface area contributed by atoms with E-state index in [1.807, 2.05) is 24.3 Å². The quantitative estimate of drug-likeness (QED) is 0.755. The number of nitrogens with one attached hydrogen (secondary N) is 1. The fourth-order valence-electron chi connectivity index (χ4n) is 2.23. The molecule has 2 nitrogen and oxygen atoms in total. The van der Waals surface area contributed by atoms with Crippen LogP contribution in [0, 0.1) is 15.0 Å². The van der Waals surface area contributed by atoms with E-state index in [2.05, 4.69) is 48.7 Å². The predicted molar refractivity (Wildman–Crippen MR) is 86.9 cm³/mol. The maximum absolute atomic E-state index is 13.1. The zero-order chi connectivity index (χ0) is 14.8. The summed E-state index contributed by atoms with van der Waals surface area (Å²) in [6.07, 6.45) is 0. The van der Waals surface area contributed by atoms with Crippen LogP contribution in [0.25, 0.3) is 0 Å². The molecule has 2 aromatic rings. The molecule has 1 unspecified atom stereocenters. The molecular weight excluding hydrogens is 368 g/mol. The van der Waals surface area contributed by atoms with E-state index in [0.29, 0.717) is 6.54 Å². The van der Waals surface area contributed by atoms with Crippen molar-refractivity contribution in [2.45, 2.75) is 33.4 Å². The first-order chi connectivity index (χ1) is 9.36. The highest BCUT2D eigenvalue weighted by Crippen LogP contribution is 2.33. The van der Waals surface area contributed by atoms with Gasteiger partial charge >= 0.3 is 0 Å². The molecule has 4 heteroatoms. The molecule has 0 radical (unpaired) electrons. The summed E-state index contributed by atoms with van der Waals surface area (Å²) in [6, 6.07) is 10.7. The van der Waals surface area contributed by atoms with Gasteiger partial charge in [0.05, 0.1) is 6.54 Å². The number of furan rings is 1. The summed E-state index contributed by atoms with van der Waals surface area (Å²) >= 11 is 2.15. The normalized spacial score (nSPS) is 13.4. The fraction of sp³-hybridized carbons (Fsp3) is 0.375. The molecule has 1 aromatic carbocycles. The fourth-order valence-corrected chi connectivity index (χ4v) is 2.69. The van der Waals surface area contributed by atoms with Gasteiger partial charge in [-0.05, 0) is 57.8 Å². The molecule has 0 bridgehead atoms. The van der Waals surface area contributed by atoms with Crippen LogP contribution in [0.1, 0.15) is 38.1 Å². The van der Waals surface area contributed by atoms with Crippen molar-refractivity contribution in [3.63, 3.8) is 0 Å². The van der Waals surface area contributed by atoms with Gasteiger partial charge in [-0.3, -0.25) is 0 Å². The van der Waals surface area contributed by atoms with Crippen LogP contribution in [-0.2, 0) is 6.54 Å². The Hall–Kier alpha value is -0.880. The molecule has 1 N–H and O–H groups in total. The van der Waals surface area contributed by atoms with Crippen molar-refractivity contribution < 1.29 is 8.81 Å². The Morgan fingerprint density at radius 1 is 1.15 bits per heavy atom. The van der Waals surface area contributed by atoms with Gasteiger partial charge in [0.15, 0.2) is 3.77 Å². The number of rotatable bonds is 4. The van der Waals surface area contributed by atoms with Crippen molar-refractivity contribution >= 4 is 22.6 Å². The van der Waals surface area contributed by atoms with E-state index in [1.165, 1.54) is 12.1 Å². The van der Waals surface area contributed by atoms with Crippen LogP contribution in [0.15, 0.2) is 40.8 Å². The molecule has 1 aromatic heterocycles. The number of halogens is 2. The molecule has 0 aliphatic heterocycles. The monoisotopic (exact) mass is 387 g/mol. The van der Waals surface area contributed by atoms with Gasteiger partial charge in [-0.25, -0.2) is 4.39 Å². The SMILES string of the molecule is CC(C)(C)C(NCc1ccc(I)o1)c1ccc(F)cc1. The van der Waals surface area contributed by atoms with Gasteiger partial charge in [0.25, 0.3) is 0 Å². The second-order valence-electron chi connectivity index (χ2n) is 5.94. The molecule has 2 rings (SSSR count). The van der Waals surface area contributed by atoms with Crippen LogP contribution in [0.2, 0.25) is 0 Å². The van der Waals surface area contributed by atoms with E-state index in [4.69, 9.17) is 4.42 Å². The lowest BCUT2D eigenvalue weighted by atomic mass is 9.82. The lowest BCUT2D eigenvalue weighted by Crippen LogP contribution is -2.31. The first kappa shape index (κ1) is 15.5. The number of hydrogen-bond donors (Lipinski definition) is 1. The van der Waals surface area contributed by atoms with Crippen LogP contribution in [0.5, 0.6) is 0 Å². The molecular formula is C16H19FINO. The highest BCUT2D eigenvalue weighted by molar-refractivity contribution is 14.1. The minimum Gasteiger partial charge on any atom is -0.454 e. The predicted octanol–water partition coefficient (Wildman–Crippen LogP) is 4.90. The van der Waals surface area contributed by atoms with Crippen LogP contribution in [-0.4, -0.2) is 0 Å². The van der Waals surface area contributed by atoms with E-state index in [0.717, 1.165) is 15.1 Å². The first-order valence-electron chi connectivity index (χ1n) is 6.59. The molecule has 0 aliphatic rings. The lowest BCUT2D eigenvalue weighted by Gasteiger charge is -2.32. The Morgan fingerprint density at radius 3 is 2.30 bits per heavy atom. The Balaban J connectivity index is 2.14. The van der Waals surface area contributed by atoms with Crippen LogP contribution in [0.3, 0.4) is 0 Å². The van der Waals surface area contributed by atoms with Crippen LogP contribution < -0.4 is 5.32 Å². The third-order valence-corrected chi connectivity index (χ3v) is 3.76. The zero-order valence-corrected chi connectivity index (χ0v) is 14.1. The van der Waals surface area contributed by atoms with Crippen molar-refractivity contribution in [2.24, 2.45) is 5.41 Å². The van der Waals surface area contributed by atoms with Gasteiger partial charge in [0, 0.05) is 6.04 Å². The second-order valence-corrected chi connectivity index (χ2v) is 7.00. The van der Waals surface area contributed by atoms with E-state index in [1.54, 1.807) is 0 Å². The van der Waals surface area contributed by atoms with Gasteiger partial charge in [-0.1, -0.05) is 32.9 Å². The van der Waals surface area contributed by atoms with Crippen molar-refractivity contribution in [1.82, 2.24) is 5.32 Å². The van der Waals surface area contributed by atoms with E-state index >= 15 is 0 Å². The summed E-state index contributed by atoms with van der Waals surface area (Å²) in [6.45, 7) is 7.15. The van der Waals surface area contributed by atoms with Crippen molar-refractivity contribution in [3.8, 4) is 0 Å². The van der Waals surface area contributed by atoms with Crippen molar-refractivity contribution in [3.05, 3.63) is 57.3 Å². The lowest BCUT2D eigenvalue weighted by molar-refractivity contribution is 0.263. The van der Waals surface area contributed by atoms with E-state index < -0.39 is 0 Å². The van der Waals surface area contributed by atoms with E-state index in [-0.39, 0.29) is 17.3 Å². The third-order valence-electron chi connectivity index (χ3n) is 3.18. The van der Waals surface area contributed by atoms with Gasteiger partial charge in [0.2, 0.25) is 0 Å². The van der Waals surface area contributed by atoms with Crippen LogP contribution in [0.4, 0.5) is 4.39 Å². The van der Waals surface area contributed by atoms with E-state index in [9.17, 15) is 4.39 Å². The highest BCUT2D eigenvalue weighted by Gasteiger charge is 2.26. The highest BCUT2D eigenvalue weighted by atomic mass is 127. The van der Waals surface area contributed by atoms with Gasteiger partial charge in [-0.2, -0.15) is 0 Å². The smallest absolute Gasteiger partial charge is 0.164 e. The average Bonchev–Trinajstić information content (AvgIpc) is 2.76. The van der Waals surface area contributed by atoms with Crippen molar-refractivity contribution in [2.75, 3.05) is 0 Å². The second kappa shape index (κ2) is 6.26. The molecule has 0 aliphatic carbocycles. The summed E-state index contributed by atoms with van der Waals surface area (Å²) in [5.74, 6) is 0.702. The molecule has 1 heterocycles. The first-order valence-corrected chi connectivity index (χ1v) is 7.67. The summed E-state index contributed by atoms with van der Waals surface area (Å²) in [4.78, 5) is 0. The van der Waals surface area contributed by atoms with Gasteiger partial charge in [0.1, 0.15) is 11.6 Å². The summed E-state index contributed by atoms with van der Waals surface area (Å²) in [5.41, 5.74) is 1.11. The Kier molecular flexibility index (Phi) is 4.86. The zero-order valence-electron chi connectivity index (χ0n) is 11.9. The number of hydrogen-bond acceptors (Lipinski definition) is 2. The molecule has 0 fully saturated rings. The minimum absolute atomic E-state index is 0.0254. The largest absolute Gasteiger partial charge is 0.454 e. The maximum Gasteiger partial charge on any atom is 0.164 e. The average molecular weight is 387 g/mol. The van der Waals surface area contributed by atoms with Crippen LogP contribution >= 0.6 is 22.6 Å². The molecule has 20 heavy (non-hydrogen) atoms. The number of benzene rings is 1. The minimum atomic E-state index is -0.206. The Labute approximate surface area is 132 Å². The van der Waals surface area contributed by atoms with Gasteiger partial charge in [-0.15, -0.1) is 0 Å². The Morgan fingerprint density at radius 2 is 1.80 bits per heavy atom. The molecule has 0 saturated carbocycles. The standard InChI is InChI=1S/C16H19FINO/c1-16(2,3)15(11-4-6-12(17)7-5-11)19-10-13-8-9-14(18)20-13/h4-9,15,19H,10H2,1-3H3. The summed E-state index contributed by atoms with van der Waals surface area (Å²) in [5, 5.41) is 3.51. The molecule has 0 amide bonds. The summed E-state index contributed by atoms with van der Waals surface area (Å²) < 4.78 is 19.5. The Bertz CT molecular complexity index is 557.